The molecule has 4 rings (SSSR count). The van der Waals surface area contributed by atoms with Crippen LogP contribution in [0.25, 0.3) is 22.0 Å². The molecule has 6 heteroatoms. The molecule has 1 aliphatic heterocycles. The molecule has 4 nitrogen and oxygen atoms in total. The van der Waals surface area contributed by atoms with Gasteiger partial charge in [-0.25, -0.2) is 9.37 Å². The van der Waals surface area contributed by atoms with Gasteiger partial charge in [0.15, 0.2) is 0 Å². The van der Waals surface area contributed by atoms with Crippen LogP contribution >= 0.6 is 11.6 Å². The monoisotopic (exact) mass is 412 g/mol. The van der Waals surface area contributed by atoms with Gasteiger partial charge in [0.1, 0.15) is 11.6 Å². The van der Waals surface area contributed by atoms with E-state index in [1.165, 1.54) is 6.07 Å². The molecular weight excluding hydrogens is 391 g/mol. The predicted molar refractivity (Wildman–Crippen MR) is 114 cm³/mol. The summed E-state index contributed by atoms with van der Waals surface area (Å²) in [6, 6.07) is 14.8. The van der Waals surface area contributed by atoms with E-state index in [1.54, 1.807) is 12.1 Å². The first-order valence-electron chi connectivity index (χ1n) is 9.83. The van der Waals surface area contributed by atoms with E-state index in [0.717, 1.165) is 53.8 Å². The number of ether oxygens (including phenoxy) is 1. The van der Waals surface area contributed by atoms with Gasteiger partial charge in [-0.3, -0.25) is 4.79 Å². The molecular formula is C23H22ClFN2O2. The Labute approximate surface area is 174 Å². The molecule has 0 atom stereocenters. The molecule has 3 aromatic rings. The number of pyridine rings is 1. The second kappa shape index (κ2) is 8.37. The summed E-state index contributed by atoms with van der Waals surface area (Å²) in [6.07, 6.45) is 1.56. The number of anilines is 1. The van der Waals surface area contributed by atoms with Crippen LogP contribution in [0.4, 0.5) is 10.2 Å². The van der Waals surface area contributed by atoms with Gasteiger partial charge in [-0.1, -0.05) is 23.7 Å². The predicted octanol–water partition coefficient (Wildman–Crippen LogP) is 5.47. The lowest BCUT2D eigenvalue weighted by Crippen LogP contribution is -2.37. The number of hydrogen-bond donors (Lipinski definition) is 0. The first-order valence-corrected chi connectivity index (χ1v) is 10.2. The highest BCUT2D eigenvalue weighted by atomic mass is 35.5. The van der Waals surface area contributed by atoms with E-state index in [9.17, 15) is 9.18 Å². The summed E-state index contributed by atoms with van der Waals surface area (Å²) in [5, 5.41) is 1.12. The first-order chi connectivity index (χ1) is 14.0. The number of esters is 1. The summed E-state index contributed by atoms with van der Waals surface area (Å²) < 4.78 is 18.6. The molecule has 0 aliphatic carbocycles. The molecule has 1 fully saturated rings. The zero-order valence-electron chi connectivity index (χ0n) is 16.2. The Hall–Kier alpha value is -2.66. The minimum Gasteiger partial charge on any atom is -0.466 e. The highest BCUT2D eigenvalue weighted by Crippen LogP contribution is 2.29. The topological polar surface area (TPSA) is 42.4 Å². The van der Waals surface area contributed by atoms with Crippen molar-refractivity contribution in [3.05, 3.63) is 59.4 Å². The summed E-state index contributed by atoms with van der Waals surface area (Å²) in [7, 11) is 0. The number of nitrogens with zero attached hydrogens (tertiary/aromatic N) is 2. The van der Waals surface area contributed by atoms with Crippen LogP contribution < -0.4 is 4.90 Å². The number of halogens is 2. The molecule has 29 heavy (non-hydrogen) atoms. The van der Waals surface area contributed by atoms with E-state index < -0.39 is 5.82 Å². The normalized spacial score (nSPS) is 14.9. The number of carbonyl (C=O) groups is 1. The third-order valence-corrected chi connectivity index (χ3v) is 5.66. The van der Waals surface area contributed by atoms with Crippen LogP contribution in [0, 0.1) is 11.7 Å². The van der Waals surface area contributed by atoms with Gasteiger partial charge in [0.25, 0.3) is 0 Å². The van der Waals surface area contributed by atoms with Gasteiger partial charge in [0.2, 0.25) is 0 Å². The Kier molecular flexibility index (Phi) is 5.67. The summed E-state index contributed by atoms with van der Waals surface area (Å²) in [6.45, 7) is 3.84. The number of benzene rings is 2. The Morgan fingerprint density at radius 3 is 2.59 bits per heavy atom. The number of carbonyl (C=O) groups excluding carboxylic acids is 1. The summed E-state index contributed by atoms with van der Waals surface area (Å²) in [5.74, 6) is 0.385. The molecule has 0 unspecified atom stereocenters. The van der Waals surface area contributed by atoms with Gasteiger partial charge < -0.3 is 9.64 Å². The largest absolute Gasteiger partial charge is 0.466 e. The fourth-order valence-electron chi connectivity index (χ4n) is 3.75. The van der Waals surface area contributed by atoms with Crippen LogP contribution in [-0.4, -0.2) is 30.6 Å². The average Bonchev–Trinajstić information content (AvgIpc) is 2.75. The number of hydrogen-bond acceptors (Lipinski definition) is 4. The van der Waals surface area contributed by atoms with E-state index in [-0.39, 0.29) is 16.9 Å². The molecule has 0 radical (unpaired) electrons. The van der Waals surface area contributed by atoms with Crippen molar-refractivity contribution in [3.8, 4) is 11.1 Å². The highest BCUT2D eigenvalue weighted by Gasteiger charge is 2.26. The third-order valence-electron chi connectivity index (χ3n) is 5.37. The van der Waals surface area contributed by atoms with E-state index in [2.05, 4.69) is 4.90 Å². The molecule has 150 valence electrons. The van der Waals surface area contributed by atoms with Crippen LogP contribution in [0.5, 0.6) is 0 Å². The van der Waals surface area contributed by atoms with Crippen molar-refractivity contribution in [1.29, 1.82) is 0 Å². The van der Waals surface area contributed by atoms with Crippen LogP contribution in [-0.2, 0) is 9.53 Å². The van der Waals surface area contributed by atoms with Crippen molar-refractivity contribution in [2.75, 3.05) is 24.6 Å². The van der Waals surface area contributed by atoms with E-state index in [1.807, 2.05) is 37.3 Å². The molecule has 1 aromatic heterocycles. The Morgan fingerprint density at radius 1 is 1.14 bits per heavy atom. The van der Waals surface area contributed by atoms with Crippen molar-refractivity contribution in [2.24, 2.45) is 5.92 Å². The summed E-state index contributed by atoms with van der Waals surface area (Å²) >= 11 is 5.91. The molecule has 0 saturated carbocycles. The zero-order valence-corrected chi connectivity index (χ0v) is 17.0. The second-order valence-electron chi connectivity index (χ2n) is 7.22. The standard InChI is InChI=1S/C23H22ClFN2O2/c1-2-29-23(28)15-9-11-27(12-10-15)22-8-5-18-13-16(4-7-21(18)26-22)17-3-6-20(25)19(24)14-17/h3-8,13-15H,2,9-12H2,1H3. The quantitative estimate of drug-likeness (QED) is 0.532. The SMILES string of the molecule is CCOC(=O)C1CCN(c2ccc3cc(-c4ccc(F)c(Cl)c4)ccc3n2)CC1. The van der Waals surface area contributed by atoms with Crippen LogP contribution in [0.3, 0.4) is 0 Å². The number of piperidine rings is 1. The maximum Gasteiger partial charge on any atom is 0.309 e. The van der Waals surface area contributed by atoms with E-state index in [0.29, 0.717) is 6.61 Å². The van der Waals surface area contributed by atoms with Gasteiger partial charge in [0.05, 0.1) is 23.1 Å². The fourth-order valence-corrected chi connectivity index (χ4v) is 3.93. The first kappa shape index (κ1) is 19.6. The minimum atomic E-state index is -0.422. The maximum absolute atomic E-state index is 13.4. The van der Waals surface area contributed by atoms with Gasteiger partial charge in [-0.2, -0.15) is 0 Å². The lowest BCUT2D eigenvalue weighted by atomic mass is 9.97. The van der Waals surface area contributed by atoms with Crippen molar-refractivity contribution in [3.63, 3.8) is 0 Å². The van der Waals surface area contributed by atoms with E-state index in [4.69, 9.17) is 21.3 Å². The molecule has 2 heterocycles. The van der Waals surface area contributed by atoms with Crippen molar-refractivity contribution in [2.45, 2.75) is 19.8 Å². The number of fused-ring (bicyclic) bond motifs is 1. The Bertz CT molecular complexity index is 1050. The zero-order chi connectivity index (χ0) is 20.4. The molecule has 1 saturated heterocycles. The average molecular weight is 413 g/mol. The minimum absolute atomic E-state index is 0.0169. The Balaban J connectivity index is 1.52. The lowest BCUT2D eigenvalue weighted by molar-refractivity contribution is -0.148. The van der Waals surface area contributed by atoms with Crippen molar-refractivity contribution >= 4 is 34.3 Å². The van der Waals surface area contributed by atoms with E-state index >= 15 is 0 Å². The van der Waals surface area contributed by atoms with Crippen molar-refractivity contribution in [1.82, 2.24) is 4.98 Å². The van der Waals surface area contributed by atoms with Gasteiger partial charge in [-0.15, -0.1) is 0 Å². The molecule has 0 amide bonds. The Morgan fingerprint density at radius 2 is 1.86 bits per heavy atom. The lowest BCUT2D eigenvalue weighted by Gasteiger charge is -2.31. The third kappa shape index (κ3) is 4.20. The molecule has 1 aliphatic rings. The van der Waals surface area contributed by atoms with Gasteiger partial charge in [0, 0.05) is 18.5 Å². The van der Waals surface area contributed by atoms with Crippen LogP contribution in [0.15, 0.2) is 48.5 Å². The second-order valence-corrected chi connectivity index (χ2v) is 7.63. The van der Waals surface area contributed by atoms with Crippen LogP contribution in [0.2, 0.25) is 5.02 Å². The molecule has 0 bridgehead atoms. The maximum atomic E-state index is 13.4. The molecule has 2 aromatic carbocycles. The number of rotatable bonds is 4. The van der Waals surface area contributed by atoms with Gasteiger partial charge in [-0.05, 0) is 67.3 Å². The summed E-state index contributed by atoms with van der Waals surface area (Å²) in [5.41, 5.74) is 2.72. The molecule has 0 spiro atoms. The smallest absolute Gasteiger partial charge is 0.309 e. The summed E-state index contributed by atoms with van der Waals surface area (Å²) in [4.78, 5) is 18.9. The number of aromatic nitrogens is 1. The fraction of sp³-hybridized carbons (Fsp3) is 0.304. The molecule has 0 N–H and O–H groups in total. The highest BCUT2D eigenvalue weighted by molar-refractivity contribution is 6.31. The van der Waals surface area contributed by atoms with Crippen LogP contribution in [0.1, 0.15) is 19.8 Å². The van der Waals surface area contributed by atoms with Gasteiger partial charge >= 0.3 is 5.97 Å². The van der Waals surface area contributed by atoms with Crippen molar-refractivity contribution < 1.29 is 13.9 Å².